The second-order valence-corrected chi connectivity index (χ2v) is 4.94. The second-order valence-electron chi connectivity index (χ2n) is 4.94. The van der Waals surface area contributed by atoms with Crippen molar-refractivity contribution >= 4 is 17.3 Å². The van der Waals surface area contributed by atoms with Crippen LogP contribution in [0.3, 0.4) is 0 Å². The van der Waals surface area contributed by atoms with Crippen molar-refractivity contribution in [3.63, 3.8) is 0 Å². The number of carbonyl (C=O) groups is 1. The Balaban J connectivity index is 2.16. The first kappa shape index (κ1) is 15.1. The van der Waals surface area contributed by atoms with E-state index in [0.29, 0.717) is 18.0 Å². The van der Waals surface area contributed by atoms with E-state index in [0.717, 1.165) is 24.2 Å². The topological polar surface area (TPSA) is 69.3 Å². The SMILES string of the molecule is CCCn1cc(N)cc1C(=O)Nc1cccc(COC)c1. The Kier molecular flexibility index (Phi) is 5.00. The van der Waals surface area contributed by atoms with Crippen LogP contribution in [0.2, 0.25) is 0 Å². The van der Waals surface area contributed by atoms with Crippen LogP contribution >= 0.6 is 0 Å². The molecule has 21 heavy (non-hydrogen) atoms. The van der Waals surface area contributed by atoms with Crippen molar-refractivity contribution in [2.75, 3.05) is 18.2 Å². The van der Waals surface area contributed by atoms with E-state index in [9.17, 15) is 4.79 Å². The Morgan fingerprint density at radius 2 is 2.19 bits per heavy atom. The molecule has 3 N–H and O–H groups in total. The molecule has 0 spiro atoms. The molecular weight excluding hydrogens is 266 g/mol. The summed E-state index contributed by atoms with van der Waals surface area (Å²) in [5.41, 5.74) is 8.72. The van der Waals surface area contributed by atoms with Gasteiger partial charge in [-0.05, 0) is 30.2 Å². The number of hydrogen-bond donors (Lipinski definition) is 2. The fraction of sp³-hybridized carbons (Fsp3) is 0.312. The van der Waals surface area contributed by atoms with Crippen LogP contribution < -0.4 is 11.1 Å². The molecule has 5 nitrogen and oxygen atoms in total. The van der Waals surface area contributed by atoms with E-state index in [1.807, 2.05) is 28.8 Å². The van der Waals surface area contributed by atoms with Gasteiger partial charge in [-0.1, -0.05) is 19.1 Å². The summed E-state index contributed by atoms with van der Waals surface area (Å²) in [5, 5.41) is 2.90. The van der Waals surface area contributed by atoms with Gasteiger partial charge in [-0.2, -0.15) is 0 Å². The lowest BCUT2D eigenvalue weighted by Crippen LogP contribution is -2.16. The van der Waals surface area contributed by atoms with Gasteiger partial charge in [0.1, 0.15) is 5.69 Å². The number of benzene rings is 1. The van der Waals surface area contributed by atoms with Crippen LogP contribution in [0.15, 0.2) is 36.5 Å². The summed E-state index contributed by atoms with van der Waals surface area (Å²) in [6.45, 7) is 3.35. The average Bonchev–Trinajstić information content (AvgIpc) is 2.81. The molecule has 2 aromatic rings. The van der Waals surface area contributed by atoms with Crippen LogP contribution in [-0.4, -0.2) is 17.6 Å². The Morgan fingerprint density at radius 1 is 1.38 bits per heavy atom. The zero-order valence-electron chi connectivity index (χ0n) is 12.4. The molecule has 0 aliphatic rings. The van der Waals surface area contributed by atoms with Crippen molar-refractivity contribution in [1.29, 1.82) is 0 Å². The zero-order chi connectivity index (χ0) is 15.2. The van der Waals surface area contributed by atoms with Crippen LogP contribution in [0.1, 0.15) is 29.4 Å². The molecule has 112 valence electrons. The minimum absolute atomic E-state index is 0.158. The monoisotopic (exact) mass is 287 g/mol. The maximum Gasteiger partial charge on any atom is 0.272 e. The lowest BCUT2D eigenvalue weighted by atomic mass is 10.2. The molecule has 0 atom stereocenters. The molecule has 1 aromatic carbocycles. The molecule has 2 rings (SSSR count). The van der Waals surface area contributed by atoms with Gasteiger partial charge in [-0.15, -0.1) is 0 Å². The summed E-state index contributed by atoms with van der Waals surface area (Å²) in [6, 6.07) is 9.30. The van der Waals surface area contributed by atoms with Crippen LogP contribution in [0.4, 0.5) is 11.4 Å². The molecule has 0 saturated heterocycles. The first-order valence-electron chi connectivity index (χ1n) is 6.99. The summed E-state index contributed by atoms with van der Waals surface area (Å²) >= 11 is 0. The molecule has 0 saturated carbocycles. The third-order valence-electron chi connectivity index (χ3n) is 3.11. The highest BCUT2D eigenvalue weighted by atomic mass is 16.5. The number of rotatable bonds is 6. The van der Waals surface area contributed by atoms with Crippen molar-refractivity contribution in [1.82, 2.24) is 4.57 Å². The molecule has 0 bridgehead atoms. The van der Waals surface area contributed by atoms with E-state index in [2.05, 4.69) is 12.2 Å². The number of aromatic nitrogens is 1. The smallest absolute Gasteiger partial charge is 0.272 e. The lowest BCUT2D eigenvalue weighted by Gasteiger charge is -2.09. The fourth-order valence-electron chi connectivity index (χ4n) is 2.25. The fourth-order valence-corrected chi connectivity index (χ4v) is 2.25. The summed E-state index contributed by atoms with van der Waals surface area (Å²) < 4.78 is 6.97. The minimum atomic E-state index is -0.158. The van der Waals surface area contributed by atoms with Crippen LogP contribution in [0, 0.1) is 0 Å². The molecule has 0 aliphatic heterocycles. The highest BCUT2D eigenvalue weighted by Gasteiger charge is 2.13. The van der Waals surface area contributed by atoms with E-state index in [-0.39, 0.29) is 5.91 Å². The third-order valence-corrected chi connectivity index (χ3v) is 3.11. The molecule has 1 amide bonds. The van der Waals surface area contributed by atoms with Crippen molar-refractivity contribution in [2.24, 2.45) is 0 Å². The quantitative estimate of drug-likeness (QED) is 0.858. The summed E-state index contributed by atoms with van der Waals surface area (Å²) in [4.78, 5) is 12.4. The lowest BCUT2D eigenvalue weighted by molar-refractivity contribution is 0.101. The average molecular weight is 287 g/mol. The van der Waals surface area contributed by atoms with Crippen molar-refractivity contribution in [2.45, 2.75) is 26.5 Å². The number of anilines is 2. The maximum absolute atomic E-state index is 12.4. The second kappa shape index (κ2) is 6.95. The van der Waals surface area contributed by atoms with Gasteiger partial charge in [0.2, 0.25) is 0 Å². The van der Waals surface area contributed by atoms with Gasteiger partial charge < -0.3 is 20.4 Å². The number of nitrogen functional groups attached to an aromatic ring is 1. The molecular formula is C16H21N3O2. The molecule has 0 aliphatic carbocycles. The summed E-state index contributed by atoms with van der Waals surface area (Å²) in [7, 11) is 1.64. The number of nitrogens with zero attached hydrogens (tertiary/aromatic N) is 1. The summed E-state index contributed by atoms with van der Waals surface area (Å²) in [5.74, 6) is -0.158. The largest absolute Gasteiger partial charge is 0.397 e. The van der Waals surface area contributed by atoms with Crippen molar-refractivity contribution in [3.8, 4) is 0 Å². The number of nitrogens with two attached hydrogens (primary N) is 1. The predicted molar refractivity (Wildman–Crippen MR) is 84.2 cm³/mol. The third kappa shape index (κ3) is 3.86. The molecule has 0 unspecified atom stereocenters. The van der Waals surface area contributed by atoms with Gasteiger partial charge in [-0.3, -0.25) is 4.79 Å². The van der Waals surface area contributed by atoms with E-state index in [1.54, 1.807) is 19.4 Å². The Hall–Kier alpha value is -2.27. The number of amides is 1. The Morgan fingerprint density at radius 3 is 2.90 bits per heavy atom. The van der Waals surface area contributed by atoms with Gasteiger partial charge >= 0.3 is 0 Å². The van der Waals surface area contributed by atoms with Gasteiger partial charge in [0.05, 0.1) is 12.3 Å². The van der Waals surface area contributed by atoms with Gasteiger partial charge in [0.15, 0.2) is 0 Å². The van der Waals surface area contributed by atoms with Crippen molar-refractivity contribution in [3.05, 3.63) is 47.8 Å². The van der Waals surface area contributed by atoms with Crippen molar-refractivity contribution < 1.29 is 9.53 Å². The molecule has 1 aromatic heterocycles. The minimum Gasteiger partial charge on any atom is -0.397 e. The zero-order valence-corrected chi connectivity index (χ0v) is 12.4. The predicted octanol–water partition coefficient (Wildman–Crippen LogP) is 2.88. The van der Waals surface area contributed by atoms with E-state index in [1.165, 1.54) is 0 Å². The first-order valence-corrected chi connectivity index (χ1v) is 6.99. The Labute approximate surface area is 124 Å². The number of methoxy groups -OCH3 is 1. The standard InChI is InChI=1S/C16H21N3O2/c1-3-7-19-10-13(17)9-15(19)16(20)18-14-6-4-5-12(8-14)11-21-2/h4-6,8-10H,3,7,11,17H2,1-2H3,(H,18,20). The number of ether oxygens (including phenoxy) is 1. The van der Waals surface area contributed by atoms with Gasteiger partial charge in [-0.25, -0.2) is 0 Å². The van der Waals surface area contributed by atoms with E-state index < -0.39 is 0 Å². The highest BCUT2D eigenvalue weighted by Crippen LogP contribution is 2.16. The number of hydrogen-bond acceptors (Lipinski definition) is 3. The van der Waals surface area contributed by atoms with Crippen LogP contribution in [0.5, 0.6) is 0 Å². The number of aryl methyl sites for hydroxylation is 1. The molecule has 0 radical (unpaired) electrons. The number of nitrogens with one attached hydrogen (secondary N) is 1. The highest BCUT2D eigenvalue weighted by molar-refractivity contribution is 6.03. The van der Waals surface area contributed by atoms with Gasteiger partial charge in [0.25, 0.3) is 5.91 Å². The molecule has 1 heterocycles. The van der Waals surface area contributed by atoms with Gasteiger partial charge in [0, 0.05) is 25.5 Å². The normalized spacial score (nSPS) is 10.6. The van der Waals surface area contributed by atoms with E-state index in [4.69, 9.17) is 10.5 Å². The summed E-state index contributed by atoms with van der Waals surface area (Å²) in [6.07, 6.45) is 2.73. The molecule has 5 heteroatoms. The maximum atomic E-state index is 12.4. The van der Waals surface area contributed by atoms with E-state index >= 15 is 0 Å². The first-order chi connectivity index (χ1) is 10.1. The van der Waals surface area contributed by atoms with Crippen LogP contribution in [0.25, 0.3) is 0 Å². The van der Waals surface area contributed by atoms with Crippen LogP contribution in [-0.2, 0) is 17.9 Å². The molecule has 0 fully saturated rings. The Bertz CT molecular complexity index is 620. The number of carbonyl (C=O) groups excluding carboxylic acids is 1.